The average Bonchev–Trinajstić information content (AvgIpc) is 3.23. The van der Waals surface area contributed by atoms with Gasteiger partial charge < -0.3 is 15.2 Å². The lowest BCUT2D eigenvalue weighted by Gasteiger charge is -2.36. The van der Waals surface area contributed by atoms with E-state index >= 15 is 8.78 Å². The highest BCUT2D eigenvalue weighted by Gasteiger charge is 2.58. The van der Waals surface area contributed by atoms with E-state index in [1.807, 2.05) is 48.5 Å². The molecule has 1 aliphatic carbocycles. The number of fused-ring (bicyclic) bond motifs is 3. The van der Waals surface area contributed by atoms with E-state index in [4.69, 9.17) is 13.8 Å². The van der Waals surface area contributed by atoms with Crippen molar-refractivity contribution in [2.24, 2.45) is 0 Å². The fourth-order valence-corrected chi connectivity index (χ4v) is 7.25. The number of nitrogens with one attached hydrogen (secondary N) is 1. The Balaban J connectivity index is 1.44. The number of ether oxygens (including phenoxy) is 1. The molecule has 4 rings (SSSR count). The Labute approximate surface area is 256 Å². The summed E-state index contributed by atoms with van der Waals surface area (Å²) in [5.41, 5.74) is -2.52. The van der Waals surface area contributed by atoms with Gasteiger partial charge in [-0.3, -0.25) is 13.6 Å². The Kier molecular flexibility index (Phi) is 9.40. The molecule has 236 valence electrons. The summed E-state index contributed by atoms with van der Waals surface area (Å²) in [4.78, 5) is 24.7. The molecule has 0 aliphatic heterocycles. The lowest BCUT2D eigenvalue weighted by molar-refractivity contribution is -0.139. The number of aliphatic carboxylic acids is 1. The van der Waals surface area contributed by atoms with E-state index in [-0.39, 0.29) is 18.9 Å². The number of hydrogen-bond donors (Lipinski definition) is 2. The van der Waals surface area contributed by atoms with Crippen LogP contribution in [-0.2, 0) is 35.2 Å². The largest absolute Gasteiger partial charge is 0.480 e. The van der Waals surface area contributed by atoms with Crippen LogP contribution in [0.2, 0.25) is 0 Å². The van der Waals surface area contributed by atoms with Gasteiger partial charge in [0.25, 0.3) is 0 Å². The number of halogens is 2. The van der Waals surface area contributed by atoms with Gasteiger partial charge in [0.05, 0.1) is 11.2 Å². The molecular formula is C33H38F2NO7P. The molecule has 0 bridgehead atoms. The van der Waals surface area contributed by atoms with Crippen LogP contribution in [0.1, 0.15) is 69.7 Å². The van der Waals surface area contributed by atoms with Crippen molar-refractivity contribution >= 4 is 19.7 Å². The second kappa shape index (κ2) is 12.4. The summed E-state index contributed by atoms with van der Waals surface area (Å²) in [6, 6.07) is 18.9. The Morgan fingerprint density at radius 1 is 0.841 bits per heavy atom. The zero-order valence-electron chi connectivity index (χ0n) is 25.6. The minimum Gasteiger partial charge on any atom is -0.480 e. The Bertz CT molecular complexity index is 1500. The van der Waals surface area contributed by atoms with E-state index in [9.17, 15) is 19.3 Å². The van der Waals surface area contributed by atoms with E-state index < -0.39 is 48.1 Å². The van der Waals surface area contributed by atoms with E-state index in [0.29, 0.717) is 5.56 Å². The Morgan fingerprint density at radius 3 is 1.77 bits per heavy atom. The molecule has 44 heavy (non-hydrogen) atoms. The van der Waals surface area contributed by atoms with Gasteiger partial charge in [0, 0.05) is 17.9 Å². The summed E-state index contributed by atoms with van der Waals surface area (Å²) in [5.74, 6) is -1.53. The van der Waals surface area contributed by atoms with Crippen molar-refractivity contribution in [3.05, 3.63) is 95.1 Å². The van der Waals surface area contributed by atoms with Gasteiger partial charge in [-0.05, 0) is 69.4 Å². The lowest BCUT2D eigenvalue weighted by Crippen LogP contribution is -2.42. The van der Waals surface area contributed by atoms with Crippen LogP contribution in [0, 0.1) is 0 Å². The molecule has 0 radical (unpaired) electrons. The number of benzene rings is 3. The predicted molar refractivity (Wildman–Crippen MR) is 163 cm³/mol. The molecule has 0 spiro atoms. The van der Waals surface area contributed by atoms with Gasteiger partial charge in [-0.25, -0.2) is 9.59 Å². The van der Waals surface area contributed by atoms with E-state index in [1.54, 1.807) is 0 Å². The summed E-state index contributed by atoms with van der Waals surface area (Å²) in [6.45, 7) is 9.01. The summed E-state index contributed by atoms with van der Waals surface area (Å²) in [6.07, 6.45) is -1.12. The predicted octanol–water partition coefficient (Wildman–Crippen LogP) is 8.09. The number of alkyl carbamates (subject to hydrolysis) is 1. The molecule has 2 N–H and O–H groups in total. The van der Waals surface area contributed by atoms with Crippen molar-refractivity contribution in [1.82, 2.24) is 5.32 Å². The standard InChI is InChI=1S/C33H38F2NO7P/c1-31(2,3)42-44(40,43-32(4,5)6)33(34,35)22-17-15-21(16-18-22)19-28(29(37)38)36-30(39)41-20-27-25-13-9-7-11-23(25)24-12-8-10-14-26(24)27/h7-18,27-28H,19-20H2,1-6H3,(H,36,39)(H,37,38). The van der Waals surface area contributed by atoms with Crippen molar-refractivity contribution in [2.45, 2.75) is 76.8 Å². The molecular weight excluding hydrogens is 591 g/mol. The molecule has 1 aliphatic rings. The van der Waals surface area contributed by atoms with Crippen LogP contribution in [-0.4, -0.2) is 41.0 Å². The third-order valence-electron chi connectivity index (χ3n) is 6.81. The molecule has 0 aromatic heterocycles. The molecule has 1 amide bonds. The monoisotopic (exact) mass is 629 g/mol. The van der Waals surface area contributed by atoms with Gasteiger partial charge in [0.2, 0.25) is 0 Å². The first-order chi connectivity index (χ1) is 20.4. The molecule has 0 fully saturated rings. The number of carboxylic acid groups (broad SMARTS) is 1. The first-order valence-electron chi connectivity index (χ1n) is 14.2. The van der Waals surface area contributed by atoms with Crippen molar-refractivity contribution in [1.29, 1.82) is 0 Å². The smallest absolute Gasteiger partial charge is 0.407 e. The highest BCUT2D eigenvalue weighted by atomic mass is 31.2. The number of rotatable bonds is 10. The van der Waals surface area contributed by atoms with Gasteiger partial charge in [-0.1, -0.05) is 72.8 Å². The van der Waals surface area contributed by atoms with Crippen molar-refractivity contribution in [3.8, 4) is 11.1 Å². The first kappa shape index (κ1) is 33.3. The number of carbonyl (C=O) groups is 2. The van der Waals surface area contributed by atoms with Crippen molar-refractivity contribution in [2.75, 3.05) is 6.61 Å². The van der Waals surface area contributed by atoms with Gasteiger partial charge >= 0.3 is 25.3 Å². The minimum absolute atomic E-state index is 0.00328. The number of carbonyl (C=O) groups excluding carboxylic acids is 1. The van der Waals surface area contributed by atoms with Crippen LogP contribution >= 0.6 is 7.60 Å². The zero-order chi connectivity index (χ0) is 32.5. The van der Waals surface area contributed by atoms with Gasteiger partial charge in [-0.15, -0.1) is 0 Å². The van der Waals surface area contributed by atoms with E-state index in [1.165, 1.54) is 53.7 Å². The molecule has 3 aromatic rings. The summed E-state index contributed by atoms with van der Waals surface area (Å²) in [5, 5.41) is 12.1. The molecule has 0 saturated heterocycles. The second-order valence-corrected chi connectivity index (χ2v) is 14.6. The van der Waals surface area contributed by atoms with Gasteiger partial charge in [-0.2, -0.15) is 8.78 Å². The number of hydrogen-bond acceptors (Lipinski definition) is 6. The minimum atomic E-state index is -5.02. The maximum absolute atomic E-state index is 15.7. The van der Waals surface area contributed by atoms with Crippen LogP contribution < -0.4 is 5.32 Å². The Morgan fingerprint density at radius 2 is 1.32 bits per heavy atom. The fraction of sp³-hybridized carbons (Fsp3) is 0.394. The summed E-state index contributed by atoms with van der Waals surface area (Å²) < 4.78 is 61.0. The van der Waals surface area contributed by atoms with Gasteiger partial charge in [0.15, 0.2) is 0 Å². The normalized spacial score (nSPS) is 14.5. The number of alkyl halides is 2. The molecule has 3 aromatic carbocycles. The van der Waals surface area contributed by atoms with Crippen LogP contribution in [0.4, 0.5) is 13.6 Å². The van der Waals surface area contributed by atoms with E-state index in [0.717, 1.165) is 34.4 Å². The number of carboxylic acids is 1. The molecule has 0 heterocycles. The van der Waals surface area contributed by atoms with Crippen molar-refractivity contribution in [3.63, 3.8) is 0 Å². The molecule has 11 heteroatoms. The molecule has 8 nitrogen and oxygen atoms in total. The topological polar surface area (TPSA) is 111 Å². The van der Waals surface area contributed by atoms with Crippen LogP contribution in [0.5, 0.6) is 0 Å². The summed E-state index contributed by atoms with van der Waals surface area (Å²) in [7, 11) is -5.02. The SMILES string of the molecule is CC(C)(C)OP(=O)(OC(C)(C)C)C(F)(F)c1ccc(CC(NC(=O)OCC2c3ccccc3-c3ccccc32)C(=O)O)cc1. The molecule has 1 atom stereocenters. The fourth-order valence-electron chi connectivity index (χ4n) is 5.07. The highest BCUT2D eigenvalue weighted by molar-refractivity contribution is 7.54. The lowest BCUT2D eigenvalue weighted by atomic mass is 9.98. The van der Waals surface area contributed by atoms with Crippen LogP contribution in [0.25, 0.3) is 11.1 Å². The molecule has 1 unspecified atom stereocenters. The van der Waals surface area contributed by atoms with Crippen LogP contribution in [0.3, 0.4) is 0 Å². The second-order valence-electron chi connectivity index (χ2n) is 12.7. The zero-order valence-corrected chi connectivity index (χ0v) is 26.5. The summed E-state index contributed by atoms with van der Waals surface area (Å²) >= 11 is 0. The quantitative estimate of drug-likeness (QED) is 0.218. The third kappa shape index (κ3) is 7.54. The van der Waals surface area contributed by atoms with Gasteiger partial charge in [0.1, 0.15) is 12.6 Å². The number of amides is 1. The average molecular weight is 630 g/mol. The molecule has 0 saturated carbocycles. The van der Waals surface area contributed by atoms with Crippen LogP contribution in [0.15, 0.2) is 72.8 Å². The van der Waals surface area contributed by atoms with Crippen molar-refractivity contribution < 1.29 is 41.8 Å². The third-order valence-corrected chi connectivity index (χ3v) is 9.33. The Hall–Kier alpha value is -3.59. The highest BCUT2D eigenvalue weighted by Crippen LogP contribution is 2.69. The maximum atomic E-state index is 15.7. The van der Waals surface area contributed by atoms with E-state index in [2.05, 4.69) is 5.32 Å². The first-order valence-corrected chi connectivity index (χ1v) is 15.8. The maximum Gasteiger partial charge on any atom is 0.407 e.